The Bertz CT molecular complexity index is 895. The SMILES string of the molecule is CCCCCCCCC1CC1CCCCCC[C@H](COC(=O)c1ccccc1)OC(=O)c1ccccc1. The molecule has 2 aromatic carbocycles. The summed E-state index contributed by atoms with van der Waals surface area (Å²) in [6.07, 6.45) is 17.4. The predicted octanol–water partition coefficient (Wildman–Crippen LogP) is 8.80. The number of hydrogen-bond acceptors (Lipinski definition) is 4. The number of carbonyl (C=O) groups excluding carboxylic acids is 2. The molecule has 3 rings (SSSR count). The van der Waals surface area contributed by atoms with Crippen molar-refractivity contribution in [3.8, 4) is 0 Å². The second kappa shape index (κ2) is 17.0. The van der Waals surface area contributed by atoms with E-state index >= 15 is 0 Å². The molecule has 4 heteroatoms. The number of rotatable bonds is 19. The zero-order chi connectivity index (χ0) is 26.1. The predicted molar refractivity (Wildman–Crippen MR) is 150 cm³/mol. The van der Waals surface area contributed by atoms with Crippen LogP contribution >= 0.6 is 0 Å². The summed E-state index contributed by atoms with van der Waals surface area (Å²) in [5.41, 5.74) is 1.02. The van der Waals surface area contributed by atoms with Crippen molar-refractivity contribution in [1.82, 2.24) is 0 Å². The number of carbonyl (C=O) groups is 2. The topological polar surface area (TPSA) is 52.6 Å². The summed E-state index contributed by atoms with van der Waals surface area (Å²) in [6, 6.07) is 17.9. The minimum atomic E-state index is -0.439. The van der Waals surface area contributed by atoms with Crippen molar-refractivity contribution in [2.24, 2.45) is 11.8 Å². The van der Waals surface area contributed by atoms with Gasteiger partial charge in [-0.1, -0.05) is 114 Å². The van der Waals surface area contributed by atoms with Gasteiger partial charge in [0.2, 0.25) is 0 Å². The highest BCUT2D eigenvalue weighted by Crippen LogP contribution is 2.45. The molecule has 2 unspecified atom stereocenters. The average Bonchev–Trinajstić information content (AvgIpc) is 3.69. The van der Waals surface area contributed by atoms with Crippen molar-refractivity contribution < 1.29 is 19.1 Å². The fourth-order valence-corrected chi connectivity index (χ4v) is 5.13. The Morgan fingerprint density at radius 1 is 0.703 bits per heavy atom. The Morgan fingerprint density at radius 2 is 1.22 bits per heavy atom. The Labute approximate surface area is 224 Å². The molecule has 0 saturated heterocycles. The maximum absolute atomic E-state index is 12.6. The van der Waals surface area contributed by atoms with Crippen molar-refractivity contribution >= 4 is 11.9 Å². The van der Waals surface area contributed by atoms with Gasteiger partial charge in [-0.3, -0.25) is 0 Å². The maximum Gasteiger partial charge on any atom is 0.338 e. The quantitative estimate of drug-likeness (QED) is 0.141. The smallest absolute Gasteiger partial charge is 0.338 e. The lowest BCUT2D eigenvalue weighted by molar-refractivity contribution is -0.00341. The molecule has 1 aliphatic rings. The molecule has 37 heavy (non-hydrogen) atoms. The van der Waals surface area contributed by atoms with Crippen molar-refractivity contribution in [3.05, 3.63) is 71.8 Å². The summed E-state index contributed by atoms with van der Waals surface area (Å²) in [6.45, 7) is 2.35. The van der Waals surface area contributed by atoms with E-state index in [2.05, 4.69) is 6.92 Å². The van der Waals surface area contributed by atoms with Gasteiger partial charge in [0.1, 0.15) is 12.7 Å². The van der Waals surface area contributed by atoms with Gasteiger partial charge in [0.05, 0.1) is 11.1 Å². The Kier molecular flexibility index (Phi) is 13.3. The molecule has 0 aliphatic heterocycles. The molecule has 0 amide bonds. The van der Waals surface area contributed by atoms with E-state index in [0.29, 0.717) is 17.5 Å². The lowest BCUT2D eigenvalue weighted by Gasteiger charge is -2.18. The van der Waals surface area contributed by atoms with Gasteiger partial charge in [0.25, 0.3) is 0 Å². The van der Waals surface area contributed by atoms with E-state index in [1.54, 1.807) is 24.3 Å². The first kappa shape index (κ1) is 28.9. The lowest BCUT2D eigenvalue weighted by atomic mass is 10.0. The molecule has 2 aromatic rings. The van der Waals surface area contributed by atoms with E-state index in [0.717, 1.165) is 24.7 Å². The van der Waals surface area contributed by atoms with Gasteiger partial charge < -0.3 is 9.47 Å². The maximum atomic E-state index is 12.6. The second-order valence-electron chi connectivity index (χ2n) is 10.7. The minimum absolute atomic E-state index is 0.0779. The number of esters is 2. The van der Waals surface area contributed by atoms with Crippen LogP contribution in [0.25, 0.3) is 0 Å². The first-order valence-corrected chi connectivity index (χ1v) is 14.7. The summed E-state index contributed by atoms with van der Waals surface area (Å²) in [7, 11) is 0. The summed E-state index contributed by atoms with van der Waals surface area (Å²) in [4.78, 5) is 25.0. The Balaban J connectivity index is 1.31. The van der Waals surface area contributed by atoms with Crippen LogP contribution < -0.4 is 0 Å². The van der Waals surface area contributed by atoms with E-state index in [9.17, 15) is 9.59 Å². The minimum Gasteiger partial charge on any atom is -0.458 e. The van der Waals surface area contributed by atoms with Gasteiger partial charge in [0.15, 0.2) is 0 Å². The molecule has 1 fully saturated rings. The van der Waals surface area contributed by atoms with Crippen molar-refractivity contribution in [3.63, 3.8) is 0 Å². The Hall–Kier alpha value is -2.62. The largest absolute Gasteiger partial charge is 0.458 e. The molecule has 4 nitrogen and oxygen atoms in total. The summed E-state index contributed by atoms with van der Waals surface area (Å²) < 4.78 is 11.2. The van der Waals surface area contributed by atoms with Gasteiger partial charge in [-0.25, -0.2) is 9.59 Å². The zero-order valence-electron chi connectivity index (χ0n) is 22.7. The molecule has 0 aromatic heterocycles. The molecule has 3 atom stereocenters. The van der Waals surface area contributed by atoms with Crippen LogP contribution in [0.3, 0.4) is 0 Å². The van der Waals surface area contributed by atoms with Crippen LogP contribution in [0.15, 0.2) is 60.7 Å². The molecular formula is C33H46O4. The normalized spacial score (nSPS) is 17.2. The van der Waals surface area contributed by atoms with Crippen molar-refractivity contribution in [2.45, 2.75) is 103 Å². The highest BCUT2D eigenvalue weighted by molar-refractivity contribution is 5.90. The van der Waals surface area contributed by atoms with Crippen LogP contribution in [0.5, 0.6) is 0 Å². The van der Waals surface area contributed by atoms with Crippen molar-refractivity contribution in [1.29, 1.82) is 0 Å². The number of unbranched alkanes of at least 4 members (excludes halogenated alkanes) is 8. The van der Waals surface area contributed by atoms with Crippen LogP contribution in [0.1, 0.15) is 118 Å². The zero-order valence-corrected chi connectivity index (χ0v) is 22.7. The van der Waals surface area contributed by atoms with E-state index < -0.39 is 6.10 Å². The second-order valence-corrected chi connectivity index (χ2v) is 10.7. The third kappa shape index (κ3) is 11.5. The Morgan fingerprint density at radius 3 is 1.81 bits per heavy atom. The molecule has 0 spiro atoms. The summed E-state index contributed by atoms with van der Waals surface area (Å²) in [5, 5.41) is 0. The van der Waals surface area contributed by atoms with Crippen LogP contribution in [0.4, 0.5) is 0 Å². The molecule has 0 N–H and O–H groups in total. The summed E-state index contributed by atoms with van der Waals surface area (Å²) in [5.74, 6) is 1.20. The van der Waals surface area contributed by atoms with Gasteiger partial charge >= 0.3 is 11.9 Å². The number of benzene rings is 2. The van der Waals surface area contributed by atoms with Crippen molar-refractivity contribution in [2.75, 3.05) is 6.61 Å². The first-order valence-electron chi connectivity index (χ1n) is 14.7. The van der Waals surface area contributed by atoms with E-state index in [4.69, 9.17) is 9.47 Å². The first-order chi connectivity index (χ1) is 18.2. The monoisotopic (exact) mass is 506 g/mol. The fraction of sp³-hybridized carbons (Fsp3) is 0.576. The van der Waals surface area contributed by atoms with Gasteiger partial charge in [-0.2, -0.15) is 0 Å². The lowest BCUT2D eigenvalue weighted by Crippen LogP contribution is -2.25. The molecule has 0 heterocycles. The average molecular weight is 507 g/mol. The molecule has 0 bridgehead atoms. The van der Waals surface area contributed by atoms with E-state index in [-0.39, 0.29) is 18.5 Å². The van der Waals surface area contributed by atoms with Crippen LogP contribution in [-0.2, 0) is 9.47 Å². The highest BCUT2D eigenvalue weighted by Gasteiger charge is 2.35. The highest BCUT2D eigenvalue weighted by atomic mass is 16.6. The van der Waals surface area contributed by atoms with Crippen LogP contribution in [-0.4, -0.2) is 24.6 Å². The van der Waals surface area contributed by atoms with Gasteiger partial charge in [0, 0.05) is 0 Å². The molecular weight excluding hydrogens is 460 g/mol. The molecule has 1 aliphatic carbocycles. The molecule has 0 radical (unpaired) electrons. The molecule has 1 saturated carbocycles. The summed E-state index contributed by atoms with van der Waals surface area (Å²) >= 11 is 0. The van der Waals surface area contributed by atoms with E-state index in [1.165, 1.54) is 70.6 Å². The standard InChI is InChI=1S/C33H46O4/c1-2-3-4-5-6-11-22-29-25-30(29)23-12-7-8-17-24-31(37-33(35)28-20-15-10-16-21-28)26-36-32(34)27-18-13-9-14-19-27/h9-10,13-16,18-21,29-31H,2-8,11-12,17,22-26H2,1H3/t29?,30?,31-/m1/s1. The van der Waals surface area contributed by atoms with Gasteiger partial charge in [-0.05, 0) is 55.4 Å². The number of ether oxygens (including phenoxy) is 2. The molecule has 202 valence electrons. The van der Waals surface area contributed by atoms with Crippen LogP contribution in [0.2, 0.25) is 0 Å². The van der Waals surface area contributed by atoms with Gasteiger partial charge in [-0.15, -0.1) is 0 Å². The third-order valence-corrected chi connectivity index (χ3v) is 7.54. The van der Waals surface area contributed by atoms with Crippen LogP contribution in [0, 0.1) is 11.8 Å². The fourth-order valence-electron chi connectivity index (χ4n) is 5.13. The number of hydrogen-bond donors (Lipinski definition) is 0. The third-order valence-electron chi connectivity index (χ3n) is 7.54. The van der Waals surface area contributed by atoms with E-state index in [1.807, 2.05) is 36.4 Å².